The van der Waals surface area contributed by atoms with E-state index in [1.165, 1.54) is 0 Å². The number of rotatable bonds is 2. The molecule has 2 heterocycles. The van der Waals surface area contributed by atoms with E-state index in [9.17, 15) is 4.79 Å². The average Bonchev–Trinajstić information content (AvgIpc) is 2.99. The van der Waals surface area contributed by atoms with Crippen molar-refractivity contribution < 1.29 is 9.53 Å². The lowest BCUT2D eigenvalue weighted by Gasteiger charge is -1.97. The monoisotopic (exact) mass is 269 g/mol. The highest BCUT2D eigenvalue weighted by Gasteiger charge is 2.24. The van der Waals surface area contributed by atoms with Crippen molar-refractivity contribution in [3.8, 4) is 0 Å². The van der Waals surface area contributed by atoms with Gasteiger partial charge in [-0.2, -0.15) is 0 Å². The highest BCUT2D eigenvalue weighted by Crippen LogP contribution is 2.23. The molecular formula is C15H11NO2S. The first kappa shape index (κ1) is 11.9. The van der Waals surface area contributed by atoms with Crippen LogP contribution in [0.1, 0.15) is 16.0 Å². The Morgan fingerprint density at radius 1 is 1.21 bits per heavy atom. The van der Waals surface area contributed by atoms with E-state index in [-0.39, 0.29) is 0 Å². The maximum atomic E-state index is 11.8. The number of hydrogen-bond acceptors (Lipinski definition) is 4. The molecule has 4 heteroatoms. The summed E-state index contributed by atoms with van der Waals surface area (Å²) in [6.07, 6.45) is 1.78. The molecule has 0 amide bonds. The molecule has 94 valence electrons. The van der Waals surface area contributed by atoms with Gasteiger partial charge in [-0.15, -0.1) is 11.3 Å². The minimum absolute atomic E-state index is 0.351. The van der Waals surface area contributed by atoms with Crippen LogP contribution in [0.15, 0.2) is 52.5 Å². The Bertz CT molecular complexity index is 683. The highest BCUT2D eigenvalue weighted by molar-refractivity contribution is 7.11. The molecule has 0 saturated heterocycles. The fraction of sp³-hybridized carbons (Fsp3) is 0.0667. The summed E-state index contributed by atoms with van der Waals surface area (Å²) < 4.78 is 5.20. The van der Waals surface area contributed by atoms with Crippen molar-refractivity contribution in [3.05, 3.63) is 63.5 Å². The summed E-state index contributed by atoms with van der Waals surface area (Å²) in [6, 6.07) is 11.4. The number of carbonyl (C=O) groups is 1. The lowest BCUT2D eigenvalue weighted by Crippen LogP contribution is -2.04. The fourth-order valence-corrected chi connectivity index (χ4v) is 2.62. The Hall–Kier alpha value is -2.20. The fourth-order valence-electron chi connectivity index (χ4n) is 1.77. The Balaban J connectivity index is 1.96. The summed E-state index contributed by atoms with van der Waals surface area (Å²) in [6.45, 7) is 2.00. The van der Waals surface area contributed by atoms with Crippen LogP contribution >= 0.6 is 11.3 Å². The van der Waals surface area contributed by atoms with Crippen molar-refractivity contribution in [2.24, 2.45) is 4.99 Å². The van der Waals surface area contributed by atoms with E-state index >= 15 is 0 Å². The molecule has 0 saturated carbocycles. The first-order valence-electron chi connectivity index (χ1n) is 5.86. The standard InChI is InChI=1S/C15H11NO2S/c1-10-7-8-19-13(10)9-12-15(17)18-14(16-12)11-5-3-2-4-6-11/h2-9H,1H3/b12-9+. The predicted molar refractivity (Wildman–Crippen MR) is 76.1 cm³/mol. The van der Waals surface area contributed by atoms with Gasteiger partial charge in [-0.05, 0) is 42.1 Å². The van der Waals surface area contributed by atoms with E-state index in [0.717, 1.165) is 16.0 Å². The van der Waals surface area contributed by atoms with E-state index in [2.05, 4.69) is 4.99 Å². The number of esters is 1. The number of thiophene rings is 1. The third kappa shape index (κ3) is 2.35. The maximum Gasteiger partial charge on any atom is 0.363 e. The van der Waals surface area contributed by atoms with E-state index in [4.69, 9.17) is 4.74 Å². The van der Waals surface area contributed by atoms with Crippen LogP contribution in [0.4, 0.5) is 0 Å². The molecule has 0 atom stereocenters. The van der Waals surface area contributed by atoms with Gasteiger partial charge in [-0.25, -0.2) is 9.79 Å². The van der Waals surface area contributed by atoms with Crippen LogP contribution in [0, 0.1) is 6.92 Å². The predicted octanol–water partition coefficient (Wildman–Crippen LogP) is 3.40. The van der Waals surface area contributed by atoms with E-state index in [0.29, 0.717) is 11.6 Å². The molecule has 0 fully saturated rings. The number of hydrogen-bond donors (Lipinski definition) is 0. The zero-order valence-electron chi connectivity index (χ0n) is 10.3. The number of ether oxygens (including phenoxy) is 1. The molecule has 1 aromatic heterocycles. The second kappa shape index (κ2) is 4.82. The van der Waals surface area contributed by atoms with Crippen molar-refractivity contribution in [1.82, 2.24) is 0 Å². The molecule has 2 aromatic rings. The topological polar surface area (TPSA) is 38.7 Å². The molecular weight excluding hydrogens is 258 g/mol. The SMILES string of the molecule is Cc1ccsc1/C=C1/N=C(c2ccccc2)OC1=O. The number of carbonyl (C=O) groups excluding carboxylic acids is 1. The van der Waals surface area contributed by atoms with E-state index in [1.54, 1.807) is 17.4 Å². The molecule has 0 aliphatic carbocycles. The van der Waals surface area contributed by atoms with Gasteiger partial charge in [0.2, 0.25) is 5.90 Å². The van der Waals surface area contributed by atoms with Crippen LogP contribution in [0.25, 0.3) is 6.08 Å². The third-order valence-electron chi connectivity index (χ3n) is 2.81. The van der Waals surface area contributed by atoms with Crippen molar-refractivity contribution in [3.63, 3.8) is 0 Å². The van der Waals surface area contributed by atoms with Gasteiger partial charge < -0.3 is 4.74 Å². The van der Waals surface area contributed by atoms with Crippen molar-refractivity contribution in [2.45, 2.75) is 6.92 Å². The Morgan fingerprint density at radius 2 is 2.00 bits per heavy atom. The maximum absolute atomic E-state index is 11.8. The van der Waals surface area contributed by atoms with Gasteiger partial charge in [0, 0.05) is 10.4 Å². The zero-order chi connectivity index (χ0) is 13.2. The van der Waals surface area contributed by atoms with Gasteiger partial charge in [0.25, 0.3) is 0 Å². The lowest BCUT2D eigenvalue weighted by molar-refractivity contribution is -0.129. The van der Waals surface area contributed by atoms with Crippen molar-refractivity contribution >= 4 is 29.3 Å². The molecule has 1 aromatic carbocycles. The summed E-state index contributed by atoms with van der Waals surface area (Å²) in [5.41, 5.74) is 2.29. The highest BCUT2D eigenvalue weighted by atomic mass is 32.1. The van der Waals surface area contributed by atoms with Crippen LogP contribution in [0.3, 0.4) is 0 Å². The van der Waals surface area contributed by atoms with Crippen molar-refractivity contribution in [2.75, 3.05) is 0 Å². The van der Waals surface area contributed by atoms with Crippen LogP contribution in [-0.2, 0) is 9.53 Å². The molecule has 0 radical (unpaired) electrons. The van der Waals surface area contributed by atoms with Gasteiger partial charge in [-0.3, -0.25) is 0 Å². The summed E-state index contributed by atoms with van der Waals surface area (Å²) in [5.74, 6) is -0.0299. The zero-order valence-corrected chi connectivity index (χ0v) is 11.1. The van der Waals surface area contributed by atoms with Gasteiger partial charge in [0.15, 0.2) is 5.70 Å². The second-order valence-corrected chi connectivity index (χ2v) is 5.12. The van der Waals surface area contributed by atoms with Crippen LogP contribution in [0.5, 0.6) is 0 Å². The number of aryl methyl sites for hydroxylation is 1. The largest absolute Gasteiger partial charge is 0.402 e. The van der Waals surface area contributed by atoms with Gasteiger partial charge in [0.1, 0.15) is 0 Å². The normalized spacial score (nSPS) is 16.6. The molecule has 1 aliphatic rings. The minimum atomic E-state index is -0.397. The Morgan fingerprint density at radius 3 is 2.68 bits per heavy atom. The summed E-state index contributed by atoms with van der Waals surface area (Å²) in [5, 5.41) is 1.99. The van der Waals surface area contributed by atoms with Crippen LogP contribution < -0.4 is 0 Å². The van der Waals surface area contributed by atoms with Crippen molar-refractivity contribution in [1.29, 1.82) is 0 Å². The van der Waals surface area contributed by atoms with Gasteiger partial charge >= 0.3 is 5.97 Å². The molecule has 0 unspecified atom stereocenters. The summed E-state index contributed by atoms with van der Waals surface area (Å²) in [4.78, 5) is 17.1. The average molecular weight is 269 g/mol. The smallest absolute Gasteiger partial charge is 0.363 e. The number of aliphatic imine (C=N–C) groups is 1. The molecule has 3 nitrogen and oxygen atoms in total. The first-order valence-corrected chi connectivity index (χ1v) is 6.74. The minimum Gasteiger partial charge on any atom is -0.402 e. The third-order valence-corrected chi connectivity index (χ3v) is 3.78. The molecule has 3 rings (SSSR count). The van der Waals surface area contributed by atoms with E-state index < -0.39 is 5.97 Å². The Labute approximate surface area is 114 Å². The van der Waals surface area contributed by atoms with E-state index in [1.807, 2.05) is 48.7 Å². The van der Waals surface area contributed by atoms with Gasteiger partial charge in [-0.1, -0.05) is 18.2 Å². The number of cyclic esters (lactones) is 1. The first-order chi connectivity index (χ1) is 9.24. The summed E-state index contributed by atoms with van der Waals surface area (Å²) >= 11 is 1.58. The Kier molecular flexibility index (Phi) is 3.01. The molecule has 19 heavy (non-hydrogen) atoms. The molecule has 0 bridgehead atoms. The lowest BCUT2D eigenvalue weighted by atomic mass is 10.2. The molecule has 1 aliphatic heterocycles. The molecule has 0 N–H and O–H groups in total. The second-order valence-electron chi connectivity index (χ2n) is 4.17. The number of nitrogens with zero attached hydrogens (tertiary/aromatic N) is 1. The molecule has 0 spiro atoms. The quantitative estimate of drug-likeness (QED) is 0.619. The van der Waals surface area contributed by atoms with Gasteiger partial charge in [0.05, 0.1) is 0 Å². The summed E-state index contributed by atoms with van der Waals surface area (Å²) in [7, 11) is 0. The van der Waals surface area contributed by atoms with Crippen LogP contribution in [-0.4, -0.2) is 11.9 Å². The van der Waals surface area contributed by atoms with Crippen LogP contribution in [0.2, 0.25) is 0 Å². The number of benzene rings is 1.